The fraction of sp³-hybridized carbons (Fsp3) is 0.286. The van der Waals surface area contributed by atoms with Gasteiger partial charge in [-0.3, -0.25) is 10.2 Å². The van der Waals surface area contributed by atoms with Crippen LogP contribution < -0.4 is 11.1 Å². The van der Waals surface area contributed by atoms with Crippen molar-refractivity contribution in [1.29, 1.82) is 5.41 Å². The van der Waals surface area contributed by atoms with Gasteiger partial charge in [0.1, 0.15) is 11.7 Å². The van der Waals surface area contributed by atoms with Crippen LogP contribution in [0.1, 0.15) is 42.5 Å². The SMILES string of the molecule is Cn1c(CNc2ccc(C(=N)N)cc2)nc2cc(C(=O)C(C)(C)C)ccc21. The number of nitrogen functional groups attached to an aromatic ring is 1. The summed E-state index contributed by atoms with van der Waals surface area (Å²) in [6, 6.07) is 13.1. The van der Waals surface area contributed by atoms with Crippen molar-refractivity contribution in [3.05, 3.63) is 59.4 Å². The first-order valence-corrected chi connectivity index (χ1v) is 8.85. The number of nitrogens with zero attached hydrogens (tertiary/aromatic N) is 2. The summed E-state index contributed by atoms with van der Waals surface area (Å²) in [5, 5.41) is 10.8. The van der Waals surface area contributed by atoms with E-state index in [1.54, 1.807) is 0 Å². The van der Waals surface area contributed by atoms with Crippen molar-refractivity contribution in [2.75, 3.05) is 5.32 Å². The number of nitrogens with two attached hydrogens (primary N) is 1. The molecule has 140 valence electrons. The van der Waals surface area contributed by atoms with Crippen LogP contribution >= 0.6 is 0 Å². The lowest BCUT2D eigenvalue weighted by Crippen LogP contribution is -2.20. The maximum absolute atomic E-state index is 12.5. The van der Waals surface area contributed by atoms with Crippen molar-refractivity contribution < 1.29 is 4.79 Å². The van der Waals surface area contributed by atoms with Gasteiger partial charge in [0.05, 0.1) is 17.6 Å². The van der Waals surface area contributed by atoms with Crippen molar-refractivity contribution in [1.82, 2.24) is 9.55 Å². The topological polar surface area (TPSA) is 96.8 Å². The first-order valence-electron chi connectivity index (χ1n) is 8.85. The number of imidazole rings is 1. The Balaban J connectivity index is 1.82. The van der Waals surface area contributed by atoms with Gasteiger partial charge in [0.15, 0.2) is 5.78 Å². The van der Waals surface area contributed by atoms with Crippen LogP contribution in [0.5, 0.6) is 0 Å². The Labute approximate surface area is 158 Å². The zero-order chi connectivity index (χ0) is 19.8. The van der Waals surface area contributed by atoms with E-state index in [4.69, 9.17) is 16.1 Å². The van der Waals surface area contributed by atoms with Gasteiger partial charge in [-0.2, -0.15) is 0 Å². The van der Waals surface area contributed by atoms with Gasteiger partial charge in [-0.1, -0.05) is 20.8 Å². The predicted octanol–water partition coefficient (Wildman–Crippen LogP) is 3.70. The molecular weight excluding hydrogens is 338 g/mol. The van der Waals surface area contributed by atoms with Gasteiger partial charge >= 0.3 is 0 Å². The Morgan fingerprint density at radius 1 is 1.15 bits per heavy atom. The summed E-state index contributed by atoms with van der Waals surface area (Å²) >= 11 is 0. The van der Waals surface area contributed by atoms with Crippen LogP contribution in [0.4, 0.5) is 5.69 Å². The van der Waals surface area contributed by atoms with E-state index in [0.717, 1.165) is 22.5 Å². The molecule has 0 fully saturated rings. The summed E-state index contributed by atoms with van der Waals surface area (Å²) in [4.78, 5) is 17.2. The van der Waals surface area contributed by atoms with Crippen LogP contribution in [-0.2, 0) is 13.6 Å². The van der Waals surface area contributed by atoms with E-state index in [0.29, 0.717) is 17.7 Å². The fourth-order valence-corrected chi connectivity index (χ4v) is 2.93. The summed E-state index contributed by atoms with van der Waals surface area (Å²) < 4.78 is 2.03. The number of rotatable bonds is 5. The predicted molar refractivity (Wildman–Crippen MR) is 109 cm³/mol. The largest absolute Gasteiger partial charge is 0.384 e. The number of carbonyl (C=O) groups is 1. The molecule has 0 saturated heterocycles. The molecule has 3 aromatic rings. The average Bonchev–Trinajstić information content (AvgIpc) is 2.94. The van der Waals surface area contributed by atoms with E-state index in [1.165, 1.54) is 0 Å². The lowest BCUT2D eigenvalue weighted by molar-refractivity contribution is 0.0858. The molecule has 3 rings (SSSR count). The third-order valence-corrected chi connectivity index (χ3v) is 4.56. The molecule has 2 aromatic carbocycles. The number of aromatic nitrogens is 2. The van der Waals surface area contributed by atoms with E-state index in [1.807, 2.05) is 74.9 Å². The maximum atomic E-state index is 12.5. The summed E-state index contributed by atoms with van der Waals surface area (Å²) in [5.41, 5.74) is 9.17. The molecule has 0 aliphatic carbocycles. The van der Waals surface area contributed by atoms with Crippen molar-refractivity contribution in [3.8, 4) is 0 Å². The van der Waals surface area contributed by atoms with Gasteiger partial charge in [0.2, 0.25) is 0 Å². The number of hydrogen-bond donors (Lipinski definition) is 3. The number of benzene rings is 2. The molecule has 27 heavy (non-hydrogen) atoms. The number of Topliss-reactive ketones (excluding diaryl/α,β-unsaturated/α-hetero) is 1. The monoisotopic (exact) mass is 363 g/mol. The molecular formula is C21H25N5O. The normalized spacial score (nSPS) is 11.6. The fourth-order valence-electron chi connectivity index (χ4n) is 2.93. The molecule has 0 bridgehead atoms. The number of nitrogens with one attached hydrogen (secondary N) is 2. The Morgan fingerprint density at radius 2 is 1.78 bits per heavy atom. The highest BCUT2D eigenvalue weighted by Gasteiger charge is 2.23. The molecule has 6 nitrogen and oxygen atoms in total. The highest BCUT2D eigenvalue weighted by atomic mass is 16.1. The average molecular weight is 363 g/mol. The van der Waals surface area contributed by atoms with Crippen molar-refractivity contribution in [3.63, 3.8) is 0 Å². The van der Waals surface area contributed by atoms with Crippen LogP contribution in [0.25, 0.3) is 11.0 Å². The van der Waals surface area contributed by atoms with E-state index in [-0.39, 0.29) is 11.6 Å². The molecule has 0 aliphatic heterocycles. The minimum Gasteiger partial charge on any atom is -0.384 e. The minimum atomic E-state index is -0.418. The van der Waals surface area contributed by atoms with E-state index in [2.05, 4.69) is 5.32 Å². The second kappa shape index (κ2) is 6.87. The zero-order valence-electron chi connectivity index (χ0n) is 16.1. The first-order chi connectivity index (χ1) is 12.7. The Kier molecular flexibility index (Phi) is 4.74. The van der Waals surface area contributed by atoms with Gasteiger partial charge in [0, 0.05) is 29.3 Å². The molecule has 0 atom stereocenters. The quantitative estimate of drug-likeness (QED) is 0.366. The summed E-state index contributed by atoms with van der Waals surface area (Å²) in [5.74, 6) is 1.04. The standard InChI is InChI=1S/C21H25N5O/c1-21(2,3)19(27)14-7-10-17-16(11-14)25-18(26(17)4)12-24-15-8-5-13(6-9-15)20(22)23/h5-11,24H,12H2,1-4H3,(H3,22,23). The Morgan fingerprint density at radius 3 is 2.37 bits per heavy atom. The van der Waals surface area contributed by atoms with Crippen LogP contribution in [0, 0.1) is 10.8 Å². The summed E-state index contributed by atoms with van der Waals surface area (Å²) in [7, 11) is 1.97. The van der Waals surface area contributed by atoms with E-state index < -0.39 is 5.41 Å². The number of ketones is 1. The highest BCUT2D eigenvalue weighted by Crippen LogP contribution is 2.24. The summed E-state index contributed by atoms with van der Waals surface area (Å²) in [6.07, 6.45) is 0. The number of anilines is 1. The van der Waals surface area contributed by atoms with Crippen LogP contribution in [0.2, 0.25) is 0 Å². The molecule has 0 radical (unpaired) electrons. The van der Waals surface area contributed by atoms with Crippen LogP contribution in [0.3, 0.4) is 0 Å². The second-order valence-electron chi connectivity index (χ2n) is 7.71. The van der Waals surface area contributed by atoms with Crippen molar-refractivity contribution >= 4 is 28.3 Å². The van der Waals surface area contributed by atoms with Crippen molar-refractivity contribution in [2.45, 2.75) is 27.3 Å². The Hall–Kier alpha value is -3.15. The Bertz CT molecular complexity index is 1010. The smallest absolute Gasteiger partial charge is 0.168 e. The summed E-state index contributed by atoms with van der Waals surface area (Å²) in [6.45, 7) is 6.31. The lowest BCUT2D eigenvalue weighted by atomic mass is 9.86. The van der Waals surface area contributed by atoms with Gasteiger partial charge < -0.3 is 15.6 Å². The third kappa shape index (κ3) is 3.84. The third-order valence-electron chi connectivity index (χ3n) is 4.56. The molecule has 0 saturated carbocycles. The van der Waals surface area contributed by atoms with Crippen LogP contribution in [-0.4, -0.2) is 21.2 Å². The van der Waals surface area contributed by atoms with Crippen molar-refractivity contribution in [2.24, 2.45) is 18.2 Å². The first kappa shape index (κ1) is 18.6. The number of hydrogen-bond acceptors (Lipinski definition) is 4. The number of aryl methyl sites for hydroxylation is 1. The van der Waals surface area contributed by atoms with Gasteiger partial charge in [-0.05, 0) is 42.5 Å². The number of carbonyl (C=O) groups excluding carboxylic acids is 1. The molecule has 0 unspecified atom stereocenters. The molecule has 0 amide bonds. The number of fused-ring (bicyclic) bond motifs is 1. The molecule has 1 heterocycles. The van der Waals surface area contributed by atoms with Gasteiger partial charge in [-0.15, -0.1) is 0 Å². The molecule has 1 aromatic heterocycles. The van der Waals surface area contributed by atoms with E-state index >= 15 is 0 Å². The molecule has 4 N–H and O–H groups in total. The zero-order valence-corrected chi connectivity index (χ0v) is 16.1. The molecule has 6 heteroatoms. The number of amidine groups is 1. The van der Waals surface area contributed by atoms with Gasteiger partial charge in [-0.25, -0.2) is 4.98 Å². The lowest BCUT2D eigenvalue weighted by Gasteiger charge is -2.16. The van der Waals surface area contributed by atoms with Crippen LogP contribution in [0.15, 0.2) is 42.5 Å². The minimum absolute atomic E-state index is 0.0532. The highest BCUT2D eigenvalue weighted by molar-refractivity contribution is 6.02. The molecule has 0 aliphatic rings. The van der Waals surface area contributed by atoms with E-state index in [9.17, 15) is 4.79 Å². The van der Waals surface area contributed by atoms with Gasteiger partial charge in [0.25, 0.3) is 0 Å². The maximum Gasteiger partial charge on any atom is 0.168 e. The molecule has 0 spiro atoms. The second-order valence-corrected chi connectivity index (χ2v) is 7.71.